The maximum atomic E-state index is 12.5. The second-order valence-corrected chi connectivity index (χ2v) is 5.89. The molecule has 158 valence electrons. The SMILES string of the molecule is CCOC(=O)C(OC(=O)c1ccccc1)C(OC(=O)c1ccccc1)C(=O)OCC. The lowest BCUT2D eigenvalue weighted by atomic mass is 10.1. The van der Waals surface area contributed by atoms with E-state index in [2.05, 4.69) is 0 Å². The van der Waals surface area contributed by atoms with Crippen LogP contribution >= 0.6 is 0 Å². The zero-order chi connectivity index (χ0) is 21.9. The Morgan fingerprint density at radius 2 is 0.967 bits per heavy atom. The third-order valence-electron chi connectivity index (χ3n) is 3.80. The van der Waals surface area contributed by atoms with Gasteiger partial charge >= 0.3 is 23.9 Å². The van der Waals surface area contributed by atoms with E-state index in [4.69, 9.17) is 18.9 Å². The molecule has 0 radical (unpaired) electrons. The molecule has 2 aromatic carbocycles. The number of rotatable bonds is 9. The van der Waals surface area contributed by atoms with Gasteiger partial charge in [-0.2, -0.15) is 0 Å². The standard InChI is InChI=1S/C22H22O8/c1-3-27-21(25)17(29-19(23)15-11-7-5-8-12-15)18(22(26)28-4-2)30-20(24)16-13-9-6-10-14-16/h5-14,17-18H,3-4H2,1-2H3. The lowest BCUT2D eigenvalue weighted by Gasteiger charge is -2.24. The summed E-state index contributed by atoms with van der Waals surface area (Å²) in [5.41, 5.74) is 0.285. The summed E-state index contributed by atoms with van der Waals surface area (Å²) in [6, 6.07) is 15.7. The molecule has 0 heterocycles. The molecule has 0 saturated heterocycles. The van der Waals surface area contributed by atoms with E-state index in [-0.39, 0.29) is 24.3 Å². The van der Waals surface area contributed by atoms with Gasteiger partial charge in [0.1, 0.15) is 0 Å². The summed E-state index contributed by atoms with van der Waals surface area (Å²) in [7, 11) is 0. The van der Waals surface area contributed by atoms with Gasteiger partial charge in [0, 0.05) is 0 Å². The van der Waals surface area contributed by atoms with Crippen molar-refractivity contribution in [1.82, 2.24) is 0 Å². The van der Waals surface area contributed by atoms with Crippen LogP contribution in [0.3, 0.4) is 0 Å². The molecule has 0 aliphatic rings. The summed E-state index contributed by atoms with van der Waals surface area (Å²) < 4.78 is 20.3. The second kappa shape index (κ2) is 11.4. The van der Waals surface area contributed by atoms with Crippen molar-refractivity contribution >= 4 is 23.9 Å². The van der Waals surface area contributed by atoms with Crippen LogP contribution in [0.1, 0.15) is 34.6 Å². The van der Waals surface area contributed by atoms with E-state index in [0.29, 0.717) is 0 Å². The van der Waals surface area contributed by atoms with Gasteiger partial charge in [-0.3, -0.25) is 0 Å². The highest BCUT2D eigenvalue weighted by molar-refractivity contribution is 5.95. The highest BCUT2D eigenvalue weighted by atomic mass is 16.6. The molecule has 2 aromatic rings. The third kappa shape index (κ3) is 6.16. The normalized spacial score (nSPS) is 12.2. The average molecular weight is 414 g/mol. The van der Waals surface area contributed by atoms with Crippen LogP contribution in [0, 0.1) is 0 Å². The largest absolute Gasteiger partial charge is 0.463 e. The van der Waals surface area contributed by atoms with Gasteiger partial charge < -0.3 is 18.9 Å². The Bertz CT molecular complexity index is 790. The fraction of sp³-hybridized carbons (Fsp3) is 0.273. The summed E-state index contributed by atoms with van der Waals surface area (Å²) in [5, 5.41) is 0. The number of hydrogen-bond acceptors (Lipinski definition) is 8. The number of esters is 4. The van der Waals surface area contributed by atoms with Gasteiger partial charge in [0.15, 0.2) is 0 Å². The predicted octanol–water partition coefficient (Wildman–Crippen LogP) is 2.56. The quantitative estimate of drug-likeness (QED) is 0.455. The van der Waals surface area contributed by atoms with Crippen LogP contribution in [0.25, 0.3) is 0 Å². The highest BCUT2D eigenvalue weighted by Crippen LogP contribution is 2.15. The second-order valence-electron chi connectivity index (χ2n) is 5.89. The predicted molar refractivity (Wildman–Crippen MR) is 105 cm³/mol. The van der Waals surface area contributed by atoms with Crippen LogP contribution < -0.4 is 0 Å². The van der Waals surface area contributed by atoms with Crippen molar-refractivity contribution < 1.29 is 38.1 Å². The first-order chi connectivity index (χ1) is 14.5. The molecule has 0 spiro atoms. The van der Waals surface area contributed by atoms with Crippen molar-refractivity contribution in [2.75, 3.05) is 13.2 Å². The molecule has 2 rings (SSSR count). The summed E-state index contributed by atoms with van der Waals surface area (Å²) in [5.74, 6) is -3.86. The molecule has 0 bridgehead atoms. The summed E-state index contributed by atoms with van der Waals surface area (Å²) in [4.78, 5) is 49.9. The molecule has 0 aliphatic carbocycles. The Hall–Kier alpha value is -3.68. The molecule has 0 amide bonds. The van der Waals surface area contributed by atoms with Crippen LogP contribution in [-0.4, -0.2) is 49.3 Å². The van der Waals surface area contributed by atoms with Gasteiger partial charge in [0.25, 0.3) is 0 Å². The summed E-state index contributed by atoms with van der Waals surface area (Å²) >= 11 is 0. The molecule has 0 fully saturated rings. The summed E-state index contributed by atoms with van der Waals surface area (Å²) in [6.45, 7) is 3.01. The van der Waals surface area contributed by atoms with Gasteiger partial charge in [-0.1, -0.05) is 36.4 Å². The van der Waals surface area contributed by atoms with Crippen LogP contribution in [0.2, 0.25) is 0 Å². The van der Waals surface area contributed by atoms with Gasteiger partial charge in [0.2, 0.25) is 12.2 Å². The molecule has 0 aromatic heterocycles. The topological polar surface area (TPSA) is 105 Å². The molecular formula is C22H22O8. The monoisotopic (exact) mass is 414 g/mol. The van der Waals surface area contributed by atoms with Crippen LogP contribution in [0.5, 0.6) is 0 Å². The maximum absolute atomic E-state index is 12.5. The average Bonchev–Trinajstić information content (AvgIpc) is 2.77. The zero-order valence-electron chi connectivity index (χ0n) is 16.6. The van der Waals surface area contributed by atoms with E-state index >= 15 is 0 Å². The molecule has 0 N–H and O–H groups in total. The minimum absolute atomic E-state index is 0.0413. The smallest absolute Gasteiger partial charge is 0.352 e. The number of ether oxygens (including phenoxy) is 4. The van der Waals surface area contributed by atoms with E-state index in [1.807, 2.05) is 0 Å². The van der Waals surface area contributed by atoms with E-state index in [1.165, 1.54) is 24.3 Å². The van der Waals surface area contributed by atoms with Crippen LogP contribution in [0.15, 0.2) is 60.7 Å². The lowest BCUT2D eigenvalue weighted by Crippen LogP contribution is -2.47. The van der Waals surface area contributed by atoms with Crippen LogP contribution in [-0.2, 0) is 28.5 Å². The van der Waals surface area contributed by atoms with Crippen molar-refractivity contribution in [3.8, 4) is 0 Å². The Morgan fingerprint density at radius 1 is 0.633 bits per heavy atom. The Morgan fingerprint density at radius 3 is 1.27 bits per heavy atom. The lowest BCUT2D eigenvalue weighted by molar-refractivity contribution is -0.173. The van der Waals surface area contributed by atoms with Gasteiger partial charge in [-0.25, -0.2) is 19.2 Å². The van der Waals surface area contributed by atoms with Crippen molar-refractivity contribution in [2.24, 2.45) is 0 Å². The minimum Gasteiger partial charge on any atom is -0.463 e. The fourth-order valence-electron chi connectivity index (χ4n) is 2.43. The molecule has 2 unspecified atom stereocenters. The Kier molecular flexibility index (Phi) is 8.56. The van der Waals surface area contributed by atoms with Crippen molar-refractivity contribution in [3.63, 3.8) is 0 Å². The van der Waals surface area contributed by atoms with Crippen molar-refractivity contribution in [3.05, 3.63) is 71.8 Å². The first kappa shape index (κ1) is 22.6. The molecule has 30 heavy (non-hydrogen) atoms. The Labute approximate surface area is 173 Å². The third-order valence-corrected chi connectivity index (χ3v) is 3.80. The van der Waals surface area contributed by atoms with Gasteiger partial charge in [0.05, 0.1) is 24.3 Å². The van der Waals surface area contributed by atoms with Gasteiger partial charge in [-0.15, -0.1) is 0 Å². The number of benzene rings is 2. The van der Waals surface area contributed by atoms with Crippen molar-refractivity contribution in [1.29, 1.82) is 0 Å². The highest BCUT2D eigenvalue weighted by Gasteiger charge is 2.42. The minimum atomic E-state index is -1.84. The van der Waals surface area contributed by atoms with Crippen LogP contribution in [0.4, 0.5) is 0 Å². The van der Waals surface area contributed by atoms with E-state index < -0.39 is 36.1 Å². The fourth-order valence-corrected chi connectivity index (χ4v) is 2.43. The molecule has 2 atom stereocenters. The maximum Gasteiger partial charge on any atom is 0.352 e. The first-order valence-corrected chi connectivity index (χ1v) is 9.33. The Balaban J connectivity index is 2.33. The van der Waals surface area contributed by atoms with E-state index in [1.54, 1.807) is 50.2 Å². The summed E-state index contributed by atoms with van der Waals surface area (Å²) in [6.07, 6.45) is -3.69. The molecule has 8 nitrogen and oxygen atoms in total. The zero-order valence-corrected chi connectivity index (χ0v) is 16.6. The molecule has 8 heteroatoms. The molecule has 0 saturated carbocycles. The van der Waals surface area contributed by atoms with Crippen molar-refractivity contribution in [2.45, 2.75) is 26.1 Å². The van der Waals surface area contributed by atoms with E-state index in [0.717, 1.165) is 0 Å². The number of carbonyl (C=O) groups is 4. The van der Waals surface area contributed by atoms with E-state index in [9.17, 15) is 19.2 Å². The van der Waals surface area contributed by atoms with Gasteiger partial charge in [-0.05, 0) is 38.1 Å². The number of carbonyl (C=O) groups excluding carboxylic acids is 4. The first-order valence-electron chi connectivity index (χ1n) is 9.33. The molecule has 0 aliphatic heterocycles. The number of hydrogen-bond donors (Lipinski definition) is 0. The molecular weight excluding hydrogens is 392 g/mol.